The average Bonchev–Trinajstić information content (AvgIpc) is 3.04. The fourth-order valence-electron chi connectivity index (χ4n) is 5.30. The van der Waals surface area contributed by atoms with Crippen molar-refractivity contribution in [2.75, 3.05) is 6.54 Å². The van der Waals surface area contributed by atoms with E-state index < -0.39 is 5.41 Å². The van der Waals surface area contributed by atoms with Gasteiger partial charge in [0.05, 0.1) is 12.0 Å². The number of carbonyl (C=O) groups excluding carboxylic acids is 3. The smallest absolute Gasteiger partial charge is 0.241 e. The van der Waals surface area contributed by atoms with Crippen LogP contribution in [0, 0.1) is 6.92 Å². The van der Waals surface area contributed by atoms with Crippen molar-refractivity contribution in [2.24, 2.45) is 0 Å². The Balaban J connectivity index is 1.69. The third-order valence-electron chi connectivity index (χ3n) is 7.03. The van der Waals surface area contributed by atoms with Crippen molar-refractivity contribution in [3.63, 3.8) is 0 Å². The number of hydrogen-bond acceptors (Lipinski definition) is 4. The van der Waals surface area contributed by atoms with E-state index in [2.05, 4.69) is 11.9 Å². The van der Waals surface area contributed by atoms with Gasteiger partial charge in [0.1, 0.15) is 0 Å². The summed E-state index contributed by atoms with van der Waals surface area (Å²) in [6, 6.07) is 11.5. The molecule has 3 amide bonds. The SMILES string of the molecule is CC[C@@H]1CCCCN1C(=O)C[C@@]1(c2ccccc2C)CC(=O)N(Cc2ccncc2)C1=O. The van der Waals surface area contributed by atoms with Gasteiger partial charge in [-0.2, -0.15) is 0 Å². The summed E-state index contributed by atoms with van der Waals surface area (Å²) in [6.07, 6.45) is 7.39. The summed E-state index contributed by atoms with van der Waals surface area (Å²) in [7, 11) is 0. The van der Waals surface area contributed by atoms with Gasteiger partial charge in [0.15, 0.2) is 0 Å². The fourth-order valence-corrected chi connectivity index (χ4v) is 5.30. The number of amides is 3. The van der Waals surface area contributed by atoms with Crippen molar-refractivity contribution in [3.8, 4) is 0 Å². The molecule has 0 unspecified atom stereocenters. The van der Waals surface area contributed by atoms with E-state index in [4.69, 9.17) is 0 Å². The topological polar surface area (TPSA) is 70.6 Å². The molecule has 2 fully saturated rings. The van der Waals surface area contributed by atoms with E-state index in [1.165, 1.54) is 4.90 Å². The van der Waals surface area contributed by atoms with Crippen LogP contribution in [0.1, 0.15) is 62.1 Å². The predicted octanol–water partition coefficient (Wildman–Crippen LogP) is 3.77. The molecule has 2 aliphatic rings. The lowest BCUT2D eigenvalue weighted by atomic mass is 9.73. The van der Waals surface area contributed by atoms with Crippen LogP contribution in [0.2, 0.25) is 0 Å². The summed E-state index contributed by atoms with van der Waals surface area (Å²) in [5, 5.41) is 0. The van der Waals surface area contributed by atoms with Gasteiger partial charge in [-0.25, -0.2) is 0 Å². The van der Waals surface area contributed by atoms with E-state index >= 15 is 0 Å². The van der Waals surface area contributed by atoms with E-state index in [0.717, 1.165) is 48.9 Å². The molecule has 0 N–H and O–H groups in total. The van der Waals surface area contributed by atoms with Gasteiger partial charge in [-0.15, -0.1) is 0 Å². The quantitative estimate of drug-likeness (QED) is 0.650. The van der Waals surface area contributed by atoms with E-state index in [1.54, 1.807) is 24.5 Å². The molecule has 0 radical (unpaired) electrons. The summed E-state index contributed by atoms with van der Waals surface area (Å²) < 4.78 is 0. The second-order valence-electron chi connectivity index (χ2n) is 9.04. The van der Waals surface area contributed by atoms with Gasteiger partial charge in [-0.1, -0.05) is 31.2 Å². The molecule has 1 aromatic heterocycles. The van der Waals surface area contributed by atoms with Crippen molar-refractivity contribution >= 4 is 17.7 Å². The maximum absolute atomic E-state index is 13.9. The number of likely N-dealkylation sites (tertiary alicyclic amines) is 2. The summed E-state index contributed by atoms with van der Waals surface area (Å²) in [5.41, 5.74) is 1.41. The van der Waals surface area contributed by atoms with Crippen LogP contribution >= 0.6 is 0 Å². The number of pyridine rings is 1. The number of imide groups is 1. The van der Waals surface area contributed by atoms with Gasteiger partial charge in [0, 0.05) is 37.8 Å². The second kappa shape index (κ2) is 9.23. The lowest BCUT2D eigenvalue weighted by molar-refractivity contribution is -0.144. The molecule has 0 aliphatic carbocycles. The highest BCUT2D eigenvalue weighted by Gasteiger charge is 2.54. The van der Waals surface area contributed by atoms with E-state index in [-0.39, 0.29) is 43.1 Å². The number of hydrogen-bond donors (Lipinski definition) is 0. The Labute approximate surface area is 189 Å². The number of piperidine rings is 1. The zero-order chi connectivity index (χ0) is 22.7. The second-order valence-corrected chi connectivity index (χ2v) is 9.04. The molecule has 0 saturated carbocycles. The minimum absolute atomic E-state index is 0.0216. The Hall–Kier alpha value is -3.02. The molecule has 3 heterocycles. The van der Waals surface area contributed by atoms with Gasteiger partial charge in [-0.05, 0) is 61.4 Å². The molecule has 6 nitrogen and oxygen atoms in total. The Bertz CT molecular complexity index is 1010. The van der Waals surface area contributed by atoms with Gasteiger partial charge in [0.2, 0.25) is 17.7 Å². The number of aromatic nitrogens is 1. The molecule has 0 spiro atoms. The summed E-state index contributed by atoms with van der Waals surface area (Å²) >= 11 is 0. The van der Waals surface area contributed by atoms with Crippen molar-refractivity contribution < 1.29 is 14.4 Å². The normalized spacial score (nSPS) is 23.6. The fraction of sp³-hybridized carbons (Fsp3) is 0.462. The van der Waals surface area contributed by atoms with Crippen LogP contribution in [0.4, 0.5) is 0 Å². The molecule has 2 aliphatic heterocycles. The van der Waals surface area contributed by atoms with Crippen LogP contribution in [0.3, 0.4) is 0 Å². The zero-order valence-electron chi connectivity index (χ0n) is 18.9. The first-order valence-electron chi connectivity index (χ1n) is 11.6. The van der Waals surface area contributed by atoms with Crippen molar-refractivity contribution in [2.45, 2.75) is 70.4 Å². The number of benzene rings is 1. The first-order chi connectivity index (χ1) is 15.5. The number of nitrogens with zero attached hydrogens (tertiary/aromatic N) is 3. The van der Waals surface area contributed by atoms with Crippen molar-refractivity contribution in [3.05, 3.63) is 65.5 Å². The molecule has 168 valence electrons. The highest BCUT2D eigenvalue weighted by Crippen LogP contribution is 2.42. The lowest BCUT2D eigenvalue weighted by Gasteiger charge is -2.38. The molecule has 2 atom stereocenters. The van der Waals surface area contributed by atoms with Crippen LogP contribution in [0.5, 0.6) is 0 Å². The molecule has 2 saturated heterocycles. The molecule has 32 heavy (non-hydrogen) atoms. The molecular formula is C26H31N3O3. The molecular weight excluding hydrogens is 402 g/mol. The Morgan fingerprint density at radius 3 is 2.59 bits per heavy atom. The van der Waals surface area contributed by atoms with E-state index in [0.29, 0.717) is 0 Å². The minimum atomic E-state index is -1.15. The van der Waals surface area contributed by atoms with Crippen molar-refractivity contribution in [1.29, 1.82) is 0 Å². The Kier molecular flexibility index (Phi) is 6.40. The number of rotatable bonds is 6. The molecule has 4 rings (SSSR count). The molecule has 0 bridgehead atoms. The highest BCUT2D eigenvalue weighted by atomic mass is 16.2. The molecule has 2 aromatic rings. The van der Waals surface area contributed by atoms with Crippen LogP contribution in [0.25, 0.3) is 0 Å². The van der Waals surface area contributed by atoms with Gasteiger partial charge < -0.3 is 4.90 Å². The maximum atomic E-state index is 13.9. The van der Waals surface area contributed by atoms with Crippen molar-refractivity contribution in [1.82, 2.24) is 14.8 Å². The zero-order valence-corrected chi connectivity index (χ0v) is 18.9. The number of carbonyl (C=O) groups is 3. The van der Waals surface area contributed by atoms with E-state index in [1.807, 2.05) is 36.1 Å². The van der Waals surface area contributed by atoms with Crippen LogP contribution in [-0.4, -0.2) is 45.1 Å². The standard InChI is InChI=1S/C26H31N3O3/c1-3-21-9-6-7-15-28(21)23(30)16-26(22-10-5-4-8-19(22)2)17-24(31)29(25(26)32)18-20-11-13-27-14-12-20/h4-5,8,10-14,21H,3,6-7,9,15-18H2,1-2H3/t21-,26+/m1/s1. The summed E-state index contributed by atoms with van der Waals surface area (Å²) in [5.74, 6) is -0.521. The summed E-state index contributed by atoms with van der Waals surface area (Å²) in [4.78, 5) is 47.9. The number of aryl methyl sites for hydroxylation is 1. The first-order valence-corrected chi connectivity index (χ1v) is 11.6. The molecule has 1 aromatic carbocycles. The van der Waals surface area contributed by atoms with Gasteiger partial charge >= 0.3 is 0 Å². The van der Waals surface area contributed by atoms with Crippen LogP contribution < -0.4 is 0 Å². The van der Waals surface area contributed by atoms with Crippen LogP contribution in [-0.2, 0) is 26.3 Å². The maximum Gasteiger partial charge on any atom is 0.241 e. The van der Waals surface area contributed by atoms with Gasteiger partial charge in [-0.3, -0.25) is 24.3 Å². The van der Waals surface area contributed by atoms with E-state index in [9.17, 15) is 14.4 Å². The van der Waals surface area contributed by atoms with Crippen LogP contribution in [0.15, 0.2) is 48.8 Å². The van der Waals surface area contributed by atoms with Gasteiger partial charge in [0.25, 0.3) is 0 Å². The monoisotopic (exact) mass is 433 g/mol. The summed E-state index contributed by atoms with van der Waals surface area (Å²) in [6.45, 7) is 4.97. The lowest BCUT2D eigenvalue weighted by Crippen LogP contribution is -2.48. The Morgan fingerprint density at radius 1 is 1.12 bits per heavy atom. The Morgan fingerprint density at radius 2 is 1.88 bits per heavy atom. The predicted molar refractivity (Wildman–Crippen MR) is 122 cm³/mol. The minimum Gasteiger partial charge on any atom is -0.340 e. The third-order valence-corrected chi connectivity index (χ3v) is 7.03. The average molecular weight is 434 g/mol. The third kappa shape index (κ3) is 4.06. The molecule has 6 heteroatoms. The largest absolute Gasteiger partial charge is 0.340 e. The highest BCUT2D eigenvalue weighted by molar-refractivity contribution is 6.10. The first kappa shape index (κ1) is 22.2.